The molecule has 0 aromatic rings. The third-order valence-corrected chi connectivity index (χ3v) is 2.36. The summed E-state index contributed by atoms with van der Waals surface area (Å²) in [5.41, 5.74) is 0. The van der Waals surface area contributed by atoms with Crippen molar-refractivity contribution in [3.63, 3.8) is 0 Å². The van der Waals surface area contributed by atoms with Crippen LogP contribution in [0.4, 0.5) is 0 Å². The van der Waals surface area contributed by atoms with Crippen LogP contribution in [0, 0.1) is 0 Å². The van der Waals surface area contributed by atoms with E-state index in [-0.39, 0.29) is 6.10 Å². The third-order valence-electron chi connectivity index (χ3n) is 2.36. The first-order valence-electron chi connectivity index (χ1n) is 6.31. The Balaban J connectivity index is 3.35. The summed E-state index contributed by atoms with van der Waals surface area (Å²) in [7, 11) is 0. The molecule has 0 amide bonds. The lowest BCUT2D eigenvalue weighted by Gasteiger charge is -2.00. The second kappa shape index (κ2) is 11.5. The van der Waals surface area contributed by atoms with Crippen LogP contribution in [-0.4, -0.2) is 11.2 Å². The van der Waals surface area contributed by atoms with Gasteiger partial charge in [0, 0.05) is 0 Å². The summed E-state index contributed by atoms with van der Waals surface area (Å²) in [6.07, 6.45) is 16.1. The van der Waals surface area contributed by atoms with Crippen molar-refractivity contribution in [3.8, 4) is 0 Å². The lowest BCUT2D eigenvalue weighted by molar-refractivity contribution is 0.211. The Bertz CT molecular complexity index is 170. The molecule has 1 N–H and O–H groups in total. The zero-order valence-electron chi connectivity index (χ0n) is 10.3. The van der Waals surface area contributed by atoms with Crippen molar-refractivity contribution in [2.75, 3.05) is 0 Å². The average molecular weight is 210 g/mol. The van der Waals surface area contributed by atoms with Gasteiger partial charge in [0.15, 0.2) is 0 Å². The van der Waals surface area contributed by atoms with E-state index >= 15 is 0 Å². The van der Waals surface area contributed by atoms with Gasteiger partial charge in [-0.15, -0.1) is 0 Å². The van der Waals surface area contributed by atoms with Gasteiger partial charge < -0.3 is 5.11 Å². The van der Waals surface area contributed by atoms with Gasteiger partial charge in [-0.2, -0.15) is 0 Å². The van der Waals surface area contributed by atoms with Crippen LogP contribution in [0.5, 0.6) is 0 Å². The molecule has 1 heteroatoms. The lowest BCUT2D eigenvalue weighted by atomic mass is 10.1. The van der Waals surface area contributed by atoms with Gasteiger partial charge in [0.25, 0.3) is 0 Å². The van der Waals surface area contributed by atoms with Crippen molar-refractivity contribution in [1.82, 2.24) is 0 Å². The van der Waals surface area contributed by atoms with Gasteiger partial charge in [-0.05, 0) is 25.7 Å². The molecule has 0 saturated carbocycles. The molecule has 0 rings (SSSR count). The number of rotatable bonds is 9. The predicted octanol–water partition coefficient (Wildman–Crippen LogP) is 4.23. The molecule has 15 heavy (non-hydrogen) atoms. The maximum atomic E-state index is 9.41. The smallest absolute Gasteiger partial charge is 0.0720 e. The maximum Gasteiger partial charge on any atom is 0.0720 e. The van der Waals surface area contributed by atoms with Crippen molar-refractivity contribution in [1.29, 1.82) is 0 Å². The lowest BCUT2D eigenvalue weighted by Crippen LogP contribution is -1.99. The summed E-state index contributed by atoms with van der Waals surface area (Å²) < 4.78 is 0. The fourth-order valence-corrected chi connectivity index (χ4v) is 1.43. The van der Waals surface area contributed by atoms with Crippen LogP contribution >= 0.6 is 0 Å². The number of allylic oxidation sites excluding steroid dienone is 3. The minimum absolute atomic E-state index is 0.247. The maximum absolute atomic E-state index is 9.41. The van der Waals surface area contributed by atoms with E-state index in [0.29, 0.717) is 0 Å². The summed E-state index contributed by atoms with van der Waals surface area (Å²) in [5, 5.41) is 9.41. The zero-order valence-corrected chi connectivity index (χ0v) is 10.3. The highest BCUT2D eigenvalue weighted by Gasteiger charge is 1.93. The number of aliphatic hydroxyl groups is 1. The van der Waals surface area contributed by atoms with Crippen molar-refractivity contribution in [3.05, 3.63) is 24.3 Å². The molecule has 0 fully saturated rings. The molecule has 0 aliphatic carbocycles. The molecular formula is C14H26O. The molecular weight excluding hydrogens is 184 g/mol. The van der Waals surface area contributed by atoms with E-state index in [9.17, 15) is 5.11 Å². The largest absolute Gasteiger partial charge is 0.389 e. The number of unbranched alkanes of at least 4 members (excludes halogenated alkanes) is 3. The predicted molar refractivity (Wildman–Crippen MR) is 68.0 cm³/mol. The topological polar surface area (TPSA) is 20.2 Å². The number of hydrogen-bond acceptors (Lipinski definition) is 1. The highest BCUT2D eigenvalue weighted by atomic mass is 16.3. The molecule has 88 valence electrons. The summed E-state index contributed by atoms with van der Waals surface area (Å²) in [6.45, 7) is 4.31. The number of aliphatic hydroxyl groups excluding tert-OH is 1. The highest BCUT2D eigenvalue weighted by molar-refractivity contribution is 4.95. The molecule has 1 nitrogen and oxygen atoms in total. The molecule has 0 aromatic carbocycles. The number of hydrogen-bond donors (Lipinski definition) is 1. The molecule has 1 unspecified atom stereocenters. The van der Waals surface area contributed by atoms with Gasteiger partial charge in [0.2, 0.25) is 0 Å². The normalized spacial score (nSPS) is 14.1. The second-order valence-electron chi connectivity index (χ2n) is 3.99. The zero-order chi connectivity index (χ0) is 11.4. The van der Waals surface area contributed by atoms with Gasteiger partial charge in [-0.3, -0.25) is 0 Å². The van der Waals surface area contributed by atoms with Gasteiger partial charge in [0.05, 0.1) is 6.10 Å². The van der Waals surface area contributed by atoms with Crippen LogP contribution in [0.2, 0.25) is 0 Å². The van der Waals surface area contributed by atoms with Crippen molar-refractivity contribution >= 4 is 0 Å². The van der Waals surface area contributed by atoms with Crippen molar-refractivity contribution < 1.29 is 5.11 Å². The van der Waals surface area contributed by atoms with Gasteiger partial charge in [0.1, 0.15) is 0 Å². The minimum Gasteiger partial charge on any atom is -0.389 e. The van der Waals surface area contributed by atoms with Crippen LogP contribution < -0.4 is 0 Å². The fraction of sp³-hybridized carbons (Fsp3) is 0.714. The summed E-state index contributed by atoms with van der Waals surface area (Å²) >= 11 is 0. The molecule has 0 aliphatic heterocycles. The van der Waals surface area contributed by atoms with E-state index in [1.165, 1.54) is 25.7 Å². The van der Waals surface area contributed by atoms with E-state index in [2.05, 4.69) is 32.1 Å². The molecule has 0 spiro atoms. The SMILES string of the molecule is CCCCC/C=C/C/C=C/C(O)CCC. The molecule has 0 bridgehead atoms. The first-order chi connectivity index (χ1) is 7.31. The van der Waals surface area contributed by atoms with Crippen molar-refractivity contribution in [2.45, 2.75) is 64.9 Å². The van der Waals surface area contributed by atoms with E-state index in [0.717, 1.165) is 19.3 Å². The Morgan fingerprint density at radius 3 is 2.47 bits per heavy atom. The summed E-state index contributed by atoms with van der Waals surface area (Å²) in [5.74, 6) is 0. The quantitative estimate of drug-likeness (QED) is 0.446. The summed E-state index contributed by atoms with van der Waals surface area (Å²) in [6, 6.07) is 0. The van der Waals surface area contributed by atoms with Crippen LogP contribution in [0.25, 0.3) is 0 Å². The first kappa shape index (κ1) is 14.4. The Kier molecular flexibility index (Phi) is 11.1. The van der Waals surface area contributed by atoms with Gasteiger partial charge in [-0.25, -0.2) is 0 Å². The summed E-state index contributed by atoms with van der Waals surface area (Å²) in [4.78, 5) is 0. The fourth-order valence-electron chi connectivity index (χ4n) is 1.43. The molecule has 0 radical (unpaired) electrons. The van der Waals surface area contributed by atoms with Crippen LogP contribution in [0.1, 0.15) is 58.8 Å². The minimum atomic E-state index is -0.247. The van der Waals surface area contributed by atoms with E-state index < -0.39 is 0 Å². The Morgan fingerprint density at radius 1 is 1.00 bits per heavy atom. The molecule has 1 atom stereocenters. The van der Waals surface area contributed by atoms with Crippen LogP contribution in [-0.2, 0) is 0 Å². The van der Waals surface area contributed by atoms with Gasteiger partial charge >= 0.3 is 0 Å². The highest BCUT2D eigenvalue weighted by Crippen LogP contribution is 2.01. The Labute approximate surface area is 94.9 Å². The van der Waals surface area contributed by atoms with Crippen LogP contribution in [0.3, 0.4) is 0 Å². The Hall–Kier alpha value is -0.560. The molecule has 0 aliphatic rings. The van der Waals surface area contributed by atoms with E-state index in [1.807, 2.05) is 6.08 Å². The second-order valence-corrected chi connectivity index (χ2v) is 3.99. The molecule has 0 aromatic heterocycles. The van der Waals surface area contributed by atoms with E-state index in [1.54, 1.807) is 0 Å². The third kappa shape index (κ3) is 11.4. The monoisotopic (exact) mass is 210 g/mol. The van der Waals surface area contributed by atoms with Crippen LogP contribution in [0.15, 0.2) is 24.3 Å². The van der Waals surface area contributed by atoms with E-state index in [4.69, 9.17) is 0 Å². The standard InChI is InChI=1S/C14H26O/c1-3-5-6-7-8-9-10-11-13-14(15)12-4-2/h8-9,11,13-15H,3-7,10,12H2,1-2H3/b9-8+,13-11+. The average Bonchev–Trinajstić information content (AvgIpc) is 2.22. The molecule has 0 saturated heterocycles. The molecule has 0 heterocycles. The Morgan fingerprint density at radius 2 is 1.80 bits per heavy atom. The van der Waals surface area contributed by atoms with Crippen molar-refractivity contribution in [2.24, 2.45) is 0 Å². The van der Waals surface area contributed by atoms with Gasteiger partial charge in [-0.1, -0.05) is 57.4 Å². The first-order valence-corrected chi connectivity index (χ1v) is 6.31.